The Morgan fingerprint density at radius 1 is 1.26 bits per heavy atom. The molecule has 0 N–H and O–H groups in total. The summed E-state index contributed by atoms with van der Waals surface area (Å²) < 4.78 is 11.1. The highest BCUT2D eigenvalue weighted by Gasteiger charge is 2.25. The lowest BCUT2D eigenvalue weighted by Crippen LogP contribution is -2.25. The summed E-state index contributed by atoms with van der Waals surface area (Å²) in [7, 11) is 1.70. The van der Waals surface area contributed by atoms with Gasteiger partial charge in [0.2, 0.25) is 0 Å². The second-order valence-corrected chi connectivity index (χ2v) is 5.14. The molecule has 1 aliphatic heterocycles. The summed E-state index contributed by atoms with van der Waals surface area (Å²) in [5.41, 5.74) is 4.11. The Bertz CT molecular complexity index is 496. The van der Waals surface area contributed by atoms with Gasteiger partial charge in [0.05, 0.1) is 19.8 Å². The molecule has 2 nitrogen and oxygen atoms in total. The molecule has 1 fully saturated rings. The SMILES string of the molecule is COc1ccc(/C=C2\CCOC3CCCC=C23)cc1. The van der Waals surface area contributed by atoms with Crippen molar-refractivity contribution in [2.75, 3.05) is 13.7 Å². The number of allylic oxidation sites excluding steroid dienone is 1. The number of rotatable bonds is 2. The van der Waals surface area contributed by atoms with Gasteiger partial charge in [-0.25, -0.2) is 0 Å². The minimum Gasteiger partial charge on any atom is -0.497 e. The predicted molar refractivity (Wildman–Crippen MR) is 77.3 cm³/mol. The molecule has 2 aliphatic rings. The standard InChI is InChI=1S/C17H20O2/c1-18-15-8-6-13(7-9-15)12-14-10-11-19-17-5-3-2-4-16(14)17/h4,6-9,12,17H,2-3,5,10-11H2,1H3/b14-12+. The lowest BCUT2D eigenvalue weighted by atomic mass is 9.86. The molecule has 1 aliphatic carbocycles. The van der Waals surface area contributed by atoms with Crippen molar-refractivity contribution in [2.45, 2.75) is 31.8 Å². The zero-order valence-corrected chi connectivity index (χ0v) is 11.4. The number of methoxy groups -OCH3 is 1. The van der Waals surface area contributed by atoms with Crippen molar-refractivity contribution in [3.63, 3.8) is 0 Å². The molecule has 19 heavy (non-hydrogen) atoms. The van der Waals surface area contributed by atoms with E-state index < -0.39 is 0 Å². The van der Waals surface area contributed by atoms with E-state index in [2.05, 4.69) is 24.3 Å². The minimum absolute atomic E-state index is 0.340. The van der Waals surface area contributed by atoms with Crippen LogP contribution >= 0.6 is 0 Å². The van der Waals surface area contributed by atoms with Crippen LogP contribution < -0.4 is 4.74 Å². The highest BCUT2D eigenvalue weighted by atomic mass is 16.5. The third-order valence-electron chi connectivity index (χ3n) is 3.90. The topological polar surface area (TPSA) is 18.5 Å². The Labute approximate surface area is 114 Å². The molecule has 1 aromatic carbocycles. The summed E-state index contributed by atoms with van der Waals surface area (Å²) in [5, 5.41) is 0. The maximum atomic E-state index is 5.86. The van der Waals surface area contributed by atoms with Crippen molar-refractivity contribution in [2.24, 2.45) is 0 Å². The average molecular weight is 256 g/mol. The van der Waals surface area contributed by atoms with Gasteiger partial charge < -0.3 is 9.47 Å². The van der Waals surface area contributed by atoms with Gasteiger partial charge in [-0.15, -0.1) is 0 Å². The van der Waals surface area contributed by atoms with Crippen molar-refractivity contribution in [3.05, 3.63) is 47.1 Å². The number of hydrogen-bond donors (Lipinski definition) is 0. The minimum atomic E-state index is 0.340. The van der Waals surface area contributed by atoms with Crippen LogP contribution in [0.15, 0.2) is 41.5 Å². The van der Waals surface area contributed by atoms with Gasteiger partial charge in [-0.2, -0.15) is 0 Å². The first-order chi connectivity index (χ1) is 9.36. The van der Waals surface area contributed by atoms with E-state index in [1.54, 1.807) is 7.11 Å². The molecule has 1 atom stereocenters. The Balaban J connectivity index is 1.86. The highest BCUT2D eigenvalue weighted by Crippen LogP contribution is 2.33. The summed E-state index contributed by atoms with van der Waals surface area (Å²) in [6.45, 7) is 0.851. The maximum Gasteiger partial charge on any atom is 0.118 e. The van der Waals surface area contributed by atoms with E-state index in [0.717, 1.165) is 18.8 Å². The largest absolute Gasteiger partial charge is 0.497 e. The van der Waals surface area contributed by atoms with Crippen LogP contribution in [0.2, 0.25) is 0 Å². The van der Waals surface area contributed by atoms with Crippen LogP contribution in [0.1, 0.15) is 31.2 Å². The summed E-state index contributed by atoms with van der Waals surface area (Å²) in [5.74, 6) is 0.906. The number of ether oxygens (including phenoxy) is 2. The monoisotopic (exact) mass is 256 g/mol. The van der Waals surface area contributed by atoms with E-state index in [4.69, 9.17) is 9.47 Å². The fraction of sp³-hybridized carbons (Fsp3) is 0.412. The average Bonchev–Trinajstić information content (AvgIpc) is 2.48. The molecular formula is C17H20O2. The van der Waals surface area contributed by atoms with E-state index in [1.807, 2.05) is 12.1 Å². The van der Waals surface area contributed by atoms with Gasteiger partial charge in [-0.05, 0) is 54.5 Å². The fourth-order valence-corrected chi connectivity index (χ4v) is 2.87. The van der Waals surface area contributed by atoms with E-state index in [0.29, 0.717) is 6.10 Å². The van der Waals surface area contributed by atoms with Gasteiger partial charge in [-0.3, -0.25) is 0 Å². The van der Waals surface area contributed by atoms with Crippen LogP contribution in [0.3, 0.4) is 0 Å². The van der Waals surface area contributed by atoms with E-state index in [1.165, 1.54) is 36.0 Å². The second-order valence-electron chi connectivity index (χ2n) is 5.14. The molecule has 0 radical (unpaired) electrons. The van der Waals surface area contributed by atoms with Crippen LogP contribution in [-0.2, 0) is 4.74 Å². The molecule has 0 bridgehead atoms. The van der Waals surface area contributed by atoms with Gasteiger partial charge in [0, 0.05) is 0 Å². The van der Waals surface area contributed by atoms with Crippen molar-refractivity contribution in [3.8, 4) is 5.75 Å². The molecule has 1 heterocycles. The maximum absolute atomic E-state index is 5.86. The molecular weight excluding hydrogens is 236 g/mol. The second kappa shape index (κ2) is 5.62. The first-order valence-electron chi connectivity index (χ1n) is 7.03. The molecule has 0 spiro atoms. The molecule has 1 saturated heterocycles. The molecule has 3 rings (SSSR count). The number of fused-ring (bicyclic) bond motifs is 1. The molecule has 1 unspecified atom stereocenters. The zero-order valence-electron chi connectivity index (χ0n) is 11.4. The van der Waals surface area contributed by atoms with Crippen molar-refractivity contribution < 1.29 is 9.47 Å². The van der Waals surface area contributed by atoms with E-state index in [-0.39, 0.29) is 0 Å². The lowest BCUT2D eigenvalue weighted by Gasteiger charge is -2.31. The van der Waals surface area contributed by atoms with Crippen molar-refractivity contribution in [1.29, 1.82) is 0 Å². The molecule has 100 valence electrons. The Kier molecular flexibility index (Phi) is 3.69. The summed E-state index contributed by atoms with van der Waals surface area (Å²) in [6.07, 6.45) is 9.64. The zero-order chi connectivity index (χ0) is 13.1. The first-order valence-corrected chi connectivity index (χ1v) is 7.03. The molecule has 1 aromatic rings. The third-order valence-corrected chi connectivity index (χ3v) is 3.90. The quantitative estimate of drug-likeness (QED) is 0.797. The van der Waals surface area contributed by atoms with Crippen LogP contribution in [0.25, 0.3) is 6.08 Å². The summed E-state index contributed by atoms with van der Waals surface area (Å²) >= 11 is 0. The summed E-state index contributed by atoms with van der Waals surface area (Å²) in [4.78, 5) is 0. The molecule has 0 saturated carbocycles. The first kappa shape index (κ1) is 12.5. The van der Waals surface area contributed by atoms with Crippen molar-refractivity contribution in [1.82, 2.24) is 0 Å². The van der Waals surface area contributed by atoms with E-state index in [9.17, 15) is 0 Å². The lowest BCUT2D eigenvalue weighted by molar-refractivity contribution is 0.0570. The van der Waals surface area contributed by atoms with Gasteiger partial charge in [0.1, 0.15) is 5.75 Å². The number of benzene rings is 1. The van der Waals surface area contributed by atoms with Crippen LogP contribution in [0.4, 0.5) is 0 Å². The van der Waals surface area contributed by atoms with Crippen LogP contribution in [-0.4, -0.2) is 19.8 Å². The van der Waals surface area contributed by atoms with Gasteiger partial charge in [-0.1, -0.05) is 24.3 Å². The fourth-order valence-electron chi connectivity index (χ4n) is 2.87. The highest BCUT2D eigenvalue weighted by molar-refractivity contribution is 5.60. The molecule has 2 heteroatoms. The van der Waals surface area contributed by atoms with Crippen LogP contribution in [0.5, 0.6) is 5.75 Å². The van der Waals surface area contributed by atoms with Gasteiger partial charge in [0.15, 0.2) is 0 Å². The predicted octanol–water partition coefficient (Wildman–Crippen LogP) is 3.98. The van der Waals surface area contributed by atoms with Gasteiger partial charge >= 0.3 is 0 Å². The Hall–Kier alpha value is -1.54. The molecule has 0 aromatic heterocycles. The Morgan fingerprint density at radius 2 is 2.11 bits per heavy atom. The molecule has 0 amide bonds. The smallest absolute Gasteiger partial charge is 0.118 e. The van der Waals surface area contributed by atoms with Gasteiger partial charge in [0.25, 0.3) is 0 Å². The van der Waals surface area contributed by atoms with Crippen molar-refractivity contribution >= 4 is 6.08 Å². The van der Waals surface area contributed by atoms with E-state index >= 15 is 0 Å². The summed E-state index contributed by atoms with van der Waals surface area (Å²) in [6, 6.07) is 8.25. The third kappa shape index (κ3) is 2.74. The number of hydrogen-bond acceptors (Lipinski definition) is 2. The van der Waals surface area contributed by atoms with Crippen LogP contribution in [0, 0.1) is 0 Å². The normalized spacial score (nSPS) is 24.8. The Morgan fingerprint density at radius 3 is 2.89 bits per heavy atom.